The lowest BCUT2D eigenvalue weighted by Gasteiger charge is -2.21. The van der Waals surface area contributed by atoms with Gasteiger partial charge in [-0.3, -0.25) is 9.59 Å². The molecule has 0 heterocycles. The fourth-order valence-electron chi connectivity index (χ4n) is 3.87. The number of amides is 1. The molecule has 0 aromatic carbocycles. The molecule has 0 radical (unpaired) electrons. The Labute approximate surface area is 186 Å². The molecule has 0 bridgehead atoms. The van der Waals surface area contributed by atoms with Gasteiger partial charge in [-0.05, 0) is 46.0 Å². The number of allylic oxidation sites excluding steroid dienone is 2. The van der Waals surface area contributed by atoms with Crippen molar-refractivity contribution in [1.29, 1.82) is 0 Å². The zero-order chi connectivity index (χ0) is 22.5. The third kappa shape index (κ3) is 16.5. The highest BCUT2D eigenvalue weighted by molar-refractivity contribution is 5.82. The predicted molar refractivity (Wildman–Crippen MR) is 128 cm³/mol. The highest BCUT2D eigenvalue weighted by Crippen LogP contribution is 2.18. The molecule has 0 saturated carbocycles. The van der Waals surface area contributed by atoms with Crippen LogP contribution in [0.4, 0.5) is 0 Å². The van der Waals surface area contributed by atoms with Gasteiger partial charge in [0.15, 0.2) is 0 Å². The number of unbranched alkanes of at least 4 members (excludes halogenated alkanes) is 12. The fourth-order valence-corrected chi connectivity index (χ4v) is 3.87. The van der Waals surface area contributed by atoms with Gasteiger partial charge in [-0.25, -0.2) is 0 Å². The van der Waals surface area contributed by atoms with Crippen LogP contribution in [0, 0.1) is 5.92 Å². The van der Waals surface area contributed by atoms with Gasteiger partial charge in [0.25, 0.3) is 0 Å². The molecule has 1 N–H and O–H groups in total. The molecular weight excluding hydrogens is 374 g/mol. The molecule has 1 amide bonds. The number of aliphatic carboxylic acids is 1. The molecule has 0 rings (SSSR count). The summed E-state index contributed by atoms with van der Waals surface area (Å²) in [6.07, 6.45) is 22.9. The zero-order valence-electron chi connectivity index (χ0n) is 20.2. The highest BCUT2D eigenvalue weighted by atomic mass is 16.4. The average Bonchev–Trinajstić information content (AvgIpc) is 2.73. The van der Waals surface area contributed by atoms with E-state index in [9.17, 15) is 14.7 Å². The minimum atomic E-state index is -0.827. The summed E-state index contributed by atoms with van der Waals surface area (Å²) >= 11 is 0. The van der Waals surface area contributed by atoms with E-state index >= 15 is 0 Å². The molecule has 1 unspecified atom stereocenters. The summed E-state index contributed by atoms with van der Waals surface area (Å²) in [5, 5.41) is 9.40. The lowest BCUT2D eigenvalue weighted by molar-refractivity contribution is -0.146. The maximum atomic E-state index is 12.2. The van der Waals surface area contributed by atoms with Crippen LogP contribution >= 0.6 is 0 Å². The maximum Gasteiger partial charge on any atom is 0.307 e. The van der Waals surface area contributed by atoms with Gasteiger partial charge in [0, 0.05) is 19.5 Å². The Kier molecular flexibility index (Phi) is 20.0. The van der Waals surface area contributed by atoms with E-state index in [1.807, 2.05) is 13.8 Å². The van der Waals surface area contributed by atoms with E-state index in [1.54, 1.807) is 4.90 Å². The Hall–Kier alpha value is -1.32. The summed E-state index contributed by atoms with van der Waals surface area (Å²) in [7, 11) is 0. The van der Waals surface area contributed by atoms with Gasteiger partial charge in [0.2, 0.25) is 5.91 Å². The van der Waals surface area contributed by atoms with Crippen molar-refractivity contribution in [2.75, 3.05) is 13.1 Å². The van der Waals surface area contributed by atoms with Crippen LogP contribution in [0.1, 0.15) is 124 Å². The third-order valence-electron chi connectivity index (χ3n) is 5.95. The summed E-state index contributed by atoms with van der Waals surface area (Å²) in [5.74, 6) is -1.38. The van der Waals surface area contributed by atoms with Gasteiger partial charge in [0.05, 0.1) is 5.92 Å². The van der Waals surface area contributed by atoms with Crippen LogP contribution in [0.25, 0.3) is 0 Å². The molecule has 4 heteroatoms. The van der Waals surface area contributed by atoms with Crippen LogP contribution < -0.4 is 0 Å². The van der Waals surface area contributed by atoms with Crippen LogP contribution in [0.5, 0.6) is 0 Å². The van der Waals surface area contributed by atoms with Gasteiger partial charge in [-0.2, -0.15) is 0 Å². The minimum absolute atomic E-state index is 0.0283. The first-order valence-corrected chi connectivity index (χ1v) is 12.7. The van der Waals surface area contributed by atoms with Crippen LogP contribution in [0.15, 0.2) is 12.2 Å². The summed E-state index contributed by atoms with van der Waals surface area (Å²) in [4.78, 5) is 25.3. The number of carbonyl (C=O) groups excluding carboxylic acids is 1. The summed E-state index contributed by atoms with van der Waals surface area (Å²) in [6.45, 7) is 7.42. The molecule has 0 aromatic rings. The lowest BCUT2D eigenvalue weighted by atomic mass is 9.96. The Morgan fingerprint density at radius 3 is 1.67 bits per heavy atom. The quantitative estimate of drug-likeness (QED) is 0.155. The largest absolute Gasteiger partial charge is 0.481 e. The highest BCUT2D eigenvalue weighted by Gasteiger charge is 2.22. The smallest absolute Gasteiger partial charge is 0.307 e. The predicted octanol–water partition coefficient (Wildman–Crippen LogP) is 7.37. The molecule has 0 fully saturated rings. The molecule has 0 aliphatic heterocycles. The van der Waals surface area contributed by atoms with Crippen molar-refractivity contribution in [2.24, 2.45) is 5.92 Å². The summed E-state index contributed by atoms with van der Waals surface area (Å²) in [6, 6.07) is 0. The van der Waals surface area contributed by atoms with Gasteiger partial charge in [-0.15, -0.1) is 0 Å². The molecule has 4 nitrogen and oxygen atoms in total. The maximum absolute atomic E-state index is 12.2. The fraction of sp³-hybridized carbons (Fsp3) is 0.846. The number of carboxylic acid groups (broad SMARTS) is 1. The first-order chi connectivity index (χ1) is 14.6. The molecule has 176 valence electrons. The number of carbonyl (C=O) groups is 2. The first kappa shape index (κ1) is 28.7. The molecule has 30 heavy (non-hydrogen) atoms. The van der Waals surface area contributed by atoms with Crippen molar-refractivity contribution in [3.63, 3.8) is 0 Å². The molecule has 0 spiro atoms. The molecule has 0 saturated heterocycles. The number of hydrogen-bond acceptors (Lipinski definition) is 2. The third-order valence-corrected chi connectivity index (χ3v) is 5.95. The van der Waals surface area contributed by atoms with Crippen molar-refractivity contribution in [3.8, 4) is 0 Å². The van der Waals surface area contributed by atoms with Crippen molar-refractivity contribution < 1.29 is 14.7 Å². The minimum Gasteiger partial charge on any atom is -0.481 e. The van der Waals surface area contributed by atoms with E-state index < -0.39 is 11.9 Å². The van der Waals surface area contributed by atoms with E-state index in [2.05, 4.69) is 19.1 Å². The summed E-state index contributed by atoms with van der Waals surface area (Å²) < 4.78 is 0. The van der Waals surface area contributed by atoms with Crippen LogP contribution in [-0.4, -0.2) is 35.0 Å². The van der Waals surface area contributed by atoms with Gasteiger partial charge in [0.1, 0.15) is 0 Å². The molecule has 0 aromatic heterocycles. The van der Waals surface area contributed by atoms with E-state index in [-0.39, 0.29) is 12.3 Å². The Morgan fingerprint density at radius 2 is 1.20 bits per heavy atom. The van der Waals surface area contributed by atoms with E-state index in [0.717, 1.165) is 12.8 Å². The lowest BCUT2D eigenvalue weighted by Crippen LogP contribution is -2.33. The second kappa shape index (κ2) is 20.9. The normalized spacial score (nSPS) is 12.4. The second-order valence-electron chi connectivity index (χ2n) is 8.53. The Balaban J connectivity index is 3.60. The van der Waals surface area contributed by atoms with Crippen molar-refractivity contribution in [2.45, 2.75) is 124 Å². The Bertz CT molecular complexity index is 444. The number of rotatable bonds is 21. The van der Waals surface area contributed by atoms with E-state index in [4.69, 9.17) is 0 Å². The van der Waals surface area contributed by atoms with Crippen LogP contribution in [-0.2, 0) is 9.59 Å². The average molecular weight is 424 g/mol. The number of nitrogens with zero attached hydrogens (tertiary/aromatic N) is 1. The summed E-state index contributed by atoms with van der Waals surface area (Å²) in [5.41, 5.74) is 0. The molecule has 0 aliphatic rings. The van der Waals surface area contributed by atoms with Gasteiger partial charge in [-0.1, -0.05) is 83.3 Å². The number of hydrogen-bond donors (Lipinski definition) is 1. The second-order valence-corrected chi connectivity index (χ2v) is 8.53. The standard InChI is InChI=1S/C26H49NO3/c1-4-7-8-9-10-11-12-13-14-15-16-17-18-19-20-21-22-24(26(29)30)23-25(28)27(5-2)6-3/h10-11,24H,4-9,12-23H2,1-3H3,(H,29,30)/b11-10+. The van der Waals surface area contributed by atoms with E-state index in [0.29, 0.717) is 19.5 Å². The van der Waals surface area contributed by atoms with Gasteiger partial charge >= 0.3 is 5.97 Å². The van der Waals surface area contributed by atoms with Crippen LogP contribution in [0.3, 0.4) is 0 Å². The monoisotopic (exact) mass is 423 g/mol. The molecule has 0 aliphatic carbocycles. The molecular formula is C26H49NO3. The van der Waals surface area contributed by atoms with Crippen molar-refractivity contribution in [3.05, 3.63) is 12.2 Å². The Morgan fingerprint density at radius 1 is 0.733 bits per heavy atom. The van der Waals surface area contributed by atoms with E-state index in [1.165, 1.54) is 77.0 Å². The SMILES string of the molecule is CCCCC/C=C/CCCCCCCCCCCC(CC(=O)N(CC)CC)C(=O)O. The zero-order valence-corrected chi connectivity index (χ0v) is 20.2. The van der Waals surface area contributed by atoms with Crippen molar-refractivity contribution >= 4 is 11.9 Å². The van der Waals surface area contributed by atoms with Crippen LogP contribution in [0.2, 0.25) is 0 Å². The first-order valence-electron chi connectivity index (χ1n) is 12.7. The molecule has 1 atom stereocenters. The topological polar surface area (TPSA) is 57.6 Å². The van der Waals surface area contributed by atoms with Crippen molar-refractivity contribution in [1.82, 2.24) is 4.90 Å². The number of carboxylic acids is 1. The van der Waals surface area contributed by atoms with Gasteiger partial charge < -0.3 is 10.0 Å².